The van der Waals surface area contributed by atoms with Crippen molar-refractivity contribution in [3.63, 3.8) is 0 Å². The third-order valence-corrected chi connectivity index (χ3v) is 2.10. The predicted molar refractivity (Wildman–Crippen MR) is 62.7 cm³/mol. The Hall–Kier alpha value is -1.79. The van der Waals surface area contributed by atoms with Crippen molar-refractivity contribution in [2.75, 3.05) is 33.5 Å². The van der Waals surface area contributed by atoms with Crippen LogP contribution >= 0.6 is 0 Å². The summed E-state index contributed by atoms with van der Waals surface area (Å²) in [6, 6.07) is 3.73. The van der Waals surface area contributed by atoms with Gasteiger partial charge in [-0.1, -0.05) is 0 Å². The second-order valence-electron chi connectivity index (χ2n) is 3.44. The maximum absolute atomic E-state index is 11.5. The normalized spacial score (nSPS) is 10.3. The Bertz CT molecular complexity index is 390. The van der Waals surface area contributed by atoms with Gasteiger partial charge >= 0.3 is 5.97 Å². The van der Waals surface area contributed by atoms with E-state index in [1.807, 2.05) is 0 Å². The van der Waals surface area contributed by atoms with Crippen LogP contribution in [0.15, 0.2) is 18.2 Å². The lowest BCUT2D eigenvalue weighted by Crippen LogP contribution is -2.12. The van der Waals surface area contributed by atoms with Gasteiger partial charge in [-0.3, -0.25) is 0 Å². The van der Waals surface area contributed by atoms with Crippen LogP contribution in [0.1, 0.15) is 10.4 Å². The lowest BCUT2D eigenvalue weighted by atomic mass is 10.2. The van der Waals surface area contributed by atoms with Crippen molar-refractivity contribution in [3.05, 3.63) is 23.8 Å². The number of methoxy groups -OCH3 is 1. The zero-order valence-corrected chi connectivity index (χ0v) is 10.1. The number of phenols is 2. The molecular weight excluding hydrogens is 240 g/mol. The van der Waals surface area contributed by atoms with Gasteiger partial charge in [0.1, 0.15) is 6.61 Å². The van der Waals surface area contributed by atoms with Crippen LogP contribution in [-0.4, -0.2) is 49.7 Å². The Labute approximate surface area is 105 Å². The van der Waals surface area contributed by atoms with Crippen molar-refractivity contribution >= 4 is 5.97 Å². The molecule has 0 aliphatic carbocycles. The Morgan fingerprint density at radius 3 is 2.50 bits per heavy atom. The van der Waals surface area contributed by atoms with E-state index in [0.29, 0.717) is 13.2 Å². The minimum Gasteiger partial charge on any atom is -0.504 e. The second kappa shape index (κ2) is 7.52. The van der Waals surface area contributed by atoms with Crippen LogP contribution in [-0.2, 0) is 14.2 Å². The zero-order chi connectivity index (χ0) is 13.4. The number of benzene rings is 1. The van der Waals surface area contributed by atoms with Crippen molar-refractivity contribution in [2.45, 2.75) is 0 Å². The Kier molecular flexibility index (Phi) is 5.96. The average molecular weight is 256 g/mol. The number of hydrogen-bond acceptors (Lipinski definition) is 6. The van der Waals surface area contributed by atoms with Gasteiger partial charge in [-0.15, -0.1) is 0 Å². The van der Waals surface area contributed by atoms with Crippen LogP contribution in [0, 0.1) is 0 Å². The largest absolute Gasteiger partial charge is 0.504 e. The molecule has 0 atom stereocenters. The fourth-order valence-corrected chi connectivity index (χ4v) is 1.17. The summed E-state index contributed by atoms with van der Waals surface area (Å²) in [5.41, 5.74) is 0.169. The van der Waals surface area contributed by atoms with Crippen molar-refractivity contribution in [2.24, 2.45) is 0 Å². The lowest BCUT2D eigenvalue weighted by molar-refractivity contribution is 0.0213. The summed E-state index contributed by atoms with van der Waals surface area (Å²) in [5.74, 6) is -1.23. The molecular formula is C12H16O6. The summed E-state index contributed by atoms with van der Waals surface area (Å²) in [5, 5.41) is 18.3. The van der Waals surface area contributed by atoms with Crippen molar-refractivity contribution in [1.29, 1.82) is 0 Å². The number of carbonyl (C=O) groups is 1. The number of carbonyl (C=O) groups excluding carboxylic acids is 1. The predicted octanol–water partition coefficient (Wildman–Crippen LogP) is 0.918. The van der Waals surface area contributed by atoms with Gasteiger partial charge in [0, 0.05) is 7.11 Å². The molecule has 0 spiro atoms. The highest BCUT2D eigenvalue weighted by Crippen LogP contribution is 2.25. The molecule has 6 heteroatoms. The molecule has 1 rings (SSSR count). The van der Waals surface area contributed by atoms with E-state index in [1.165, 1.54) is 12.1 Å². The van der Waals surface area contributed by atoms with Gasteiger partial charge in [0.15, 0.2) is 11.5 Å². The molecule has 0 aromatic heterocycles. The summed E-state index contributed by atoms with van der Waals surface area (Å²) >= 11 is 0. The lowest BCUT2D eigenvalue weighted by Gasteiger charge is -2.06. The molecule has 0 fully saturated rings. The molecule has 0 heterocycles. The topological polar surface area (TPSA) is 85.2 Å². The third kappa shape index (κ3) is 4.60. The van der Waals surface area contributed by atoms with Crippen LogP contribution in [0.5, 0.6) is 11.5 Å². The van der Waals surface area contributed by atoms with Gasteiger partial charge in [0.2, 0.25) is 0 Å². The second-order valence-corrected chi connectivity index (χ2v) is 3.44. The molecule has 6 nitrogen and oxygen atoms in total. The monoisotopic (exact) mass is 256 g/mol. The molecule has 0 radical (unpaired) electrons. The smallest absolute Gasteiger partial charge is 0.338 e. The number of ether oxygens (including phenoxy) is 3. The summed E-state index contributed by atoms with van der Waals surface area (Å²) < 4.78 is 14.8. The summed E-state index contributed by atoms with van der Waals surface area (Å²) in [7, 11) is 1.57. The van der Waals surface area contributed by atoms with Crippen LogP contribution in [0.3, 0.4) is 0 Å². The van der Waals surface area contributed by atoms with Crippen LogP contribution in [0.4, 0.5) is 0 Å². The highest BCUT2D eigenvalue weighted by Gasteiger charge is 2.09. The Morgan fingerprint density at radius 1 is 1.11 bits per heavy atom. The van der Waals surface area contributed by atoms with E-state index in [1.54, 1.807) is 7.11 Å². The van der Waals surface area contributed by atoms with Gasteiger partial charge < -0.3 is 24.4 Å². The van der Waals surface area contributed by atoms with E-state index in [9.17, 15) is 9.90 Å². The summed E-state index contributed by atoms with van der Waals surface area (Å²) in [4.78, 5) is 11.5. The third-order valence-electron chi connectivity index (χ3n) is 2.10. The van der Waals surface area contributed by atoms with Gasteiger partial charge in [0.05, 0.1) is 25.4 Å². The number of aromatic hydroxyl groups is 2. The van der Waals surface area contributed by atoms with E-state index >= 15 is 0 Å². The number of rotatable bonds is 7. The molecule has 0 aliphatic rings. The first-order valence-electron chi connectivity index (χ1n) is 5.41. The summed E-state index contributed by atoms with van der Waals surface area (Å²) in [6.07, 6.45) is 0. The SMILES string of the molecule is COCCOCCOC(=O)c1ccc(O)c(O)c1. The van der Waals surface area contributed by atoms with Crippen molar-refractivity contribution < 1.29 is 29.2 Å². The quantitative estimate of drug-likeness (QED) is 0.428. The molecule has 0 unspecified atom stereocenters. The van der Waals surface area contributed by atoms with E-state index in [2.05, 4.69) is 0 Å². The standard InChI is InChI=1S/C12H16O6/c1-16-4-5-17-6-7-18-12(15)9-2-3-10(13)11(14)8-9/h2-3,8,13-14H,4-7H2,1H3. The molecule has 0 aliphatic heterocycles. The van der Waals surface area contributed by atoms with Gasteiger partial charge in [-0.25, -0.2) is 4.79 Å². The van der Waals surface area contributed by atoms with E-state index in [4.69, 9.17) is 19.3 Å². The van der Waals surface area contributed by atoms with Gasteiger partial charge in [-0.05, 0) is 18.2 Å². The first-order valence-corrected chi connectivity index (χ1v) is 5.41. The molecule has 0 bridgehead atoms. The molecule has 18 heavy (non-hydrogen) atoms. The minimum atomic E-state index is -0.583. The number of esters is 1. The van der Waals surface area contributed by atoms with E-state index in [-0.39, 0.29) is 30.3 Å². The molecule has 0 amide bonds. The van der Waals surface area contributed by atoms with E-state index in [0.717, 1.165) is 6.07 Å². The average Bonchev–Trinajstić information content (AvgIpc) is 2.36. The maximum Gasteiger partial charge on any atom is 0.338 e. The molecule has 2 N–H and O–H groups in total. The van der Waals surface area contributed by atoms with Crippen molar-refractivity contribution in [3.8, 4) is 11.5 Å². The van der Waals surface area contributed by atoms with Gasteiger partial charge in [-0.2, -0.15) is 0 Å². The van der Waals surface area contributed by atoms with Gasteiger partial charge in [0.25, 0.3) is 0 Å². The van der Waals surface area contributed by atoms with E-state index < -0.39 is 5.97 Å². The van der Waals surface area contributed by atoms with Crippen LogP contribution in [0.2, 0.25) is 0 Å². The fourth-order valence-electron chi connectivity index (χ4n) is 1.17. The molecule has 0 saturated carbocycles. The Balaban J connectivity index is 2.30. The Morgan fingerprint density at radius 2 is 1.83 bits per heavy atom. The minimum absolute atomic E-state index is 0.115. The highest BCUT2D eigenvalue weighted by atomic mass is 16.6. The molecule has 1 aromatic carbocycles. The first-order chi connectivity index (χ1) is 8.65. The fraction of sp³-hybridized carbons (Fsp3) is 0.417. The maximum atomic E-state index is 11.5. The number of phenolic OH excluding ortho intramolecular Hbond substituents is 2. The first kappa shape index (κ1) is 14.3. The highest BCUT2D eigenvalue weighted by molar-refractivity contribution is 5.90. The molecule has 100 valence electrons. The van der Waals surface area contributed by atoms with Crippen molar-refractivity contribution in [1.82, 2.24) is 0 Å². The number of hydrogen-bond donors (Lipinski definition) is 2. The van der Waals surface area contributed by atoms with Crippen LogP contribution < -0.4 is 0 Å². The zero-order valence-electron chi connectivity index (χ0n) is 10.1. The molecule has 0 saturated heterocycles. The van der Waals surface area contributed by atoms with Crippen LogP contribution in [0.25, 0.3) is 0 Å². The summed E-state index contributed by atoms with van der Waals surface area (Å²) in [6.45, 7) is 1.32. The molecule has 1 aromatic rings.